The molecular weight excluding hydrogens is 308 g/mol. The maximum atomic E-state index is 12.5. The van der Waals surface area contributed by atoms with Crippen LogP contribution in [0.3, 0.4) is 0 Å². The zero-order valence-electron chi connectivity index (χ0n) is 13.0. The Kier molecular flexibility index (Phi) is 4.20. The van der Waals surface area contributed by atoms with Crippen molar-refractivity contribution >= 4 is 22.4 Å². The summed E-state index contributed by atoms with van der Waals surface area (Å²) in [6.45, 7) is 0.102. The molecule has 0 radical (unpaired) electrons. The molecule has 0 fully saturated rings. The number of hydrogen-bond acceptors (Lipinski definition) is 4. The van der Waals surface area contributed by atoms with Crippen LogP contribution in [0, 0.1) is 10.1 Å². The Morgan fingerprint density at radius 1 is 1.17 bits per heavy atom. The fourth-order valence-corrected chi connectivity index (χ4v) is 2.56. The third kappa shape index (κ3) is 3.08. The number of nitro benzene ring substituents is 1. The maximum absolute atomic E-state index is 12.5. The number of non-ortho nitro benzene ring substituents is 1. The third-order valence-electron chi connectivity index (χ3n) is 3.78. The van der Waals surface area contributed by atoms with Crippen molar-refractivity contribution in [2.45, 2.75) is 6.54 Å². The summed E-state index contributed by atoms with van der Waals surface area (Å²) in [5, 5.41) is 11.8. The lowest BCUT2D eigenvalue weighted by Crippen LogP contribution is -2.38. The highest BCUT2D eigenvalue weighted by Crippen LogP contribution is 2.18. The van der Waals surface area contributed by atoms with E-state index in [9.17, 15) is 14.9 Å². The van der Waals surface area contributed by atoms with Crippen LogP contribution in [-0.2, 0) is 6.54 Å². The van der Waals surface area contributed by atoms with Gasteiger partial charge in [0.1, 0.15) is 5.75 Å². The molecule has 0 aliphatic rings. The summed E-state index contributed by atoms with van der Waals surface area (Å²) in [6, 6.07) is 15.2. The van der Waals surface area contributed by atoms with Crippen molar-refractivity contribution in [1.29, 1.82) is 0 Å². The number of nitro groups is 1. The number of Topliss-reactive ketones (excluding diaryl/α,β-unsaturated/α-hetero) is 1. The highest BCUT2D eigenvalue weighted by Gasteiger charge is 2.17. The van der Waals surface area contributed by atoms with Crippen LogP contribution in [0.1, 0.15) is 10.4 Å². The molecule has 1 heterocycles. The zero-order valence-corrected chi connectivity index (χ0v) is 13.0. The van der Waals surface area contributed by atoms with Crippen molar-refractivity contribution in [3.63, 3.8) is 0 Å². The molecule has 0 aliphatic heterocycles. The van der Waals surface area contributed by atoms with Gasteiger partial charge in [-0.25, -0.2) is 0 Å². The number of methoxy groups -OCH3 is 1. The lowest BCUT2D eigenvalue weighted by Gasteiger charge is -2.04. The summed E-state index contributed by atoms with van der Waals surface area (Å²) in [7, 11) is 1.60. The van der Waals surface area contributed by atoms with Gasteiger partial charge in [0, 0.05) is 29.8 Å². The van der Waals surface area contributed by atoms with Gasteiger partial charge in [-0.3, -0.25) is 14.9 Å². The van der Waals surface area contributed by atoms with Crippen molar-refractivity contribution in [2.75, 3.05) is 7.11 Å². The molecule has 0 unspecified atom stereocenters. The van der Waals surface area contributed by atoms with Gasteiger partial charge in [0.05, 0.1) is 17.4 Å². The van der Waals surface area contributed by atoms with Gasteiger partial charge in [-0.15, -0.1) is 0 Å². The number of ketones is 1. The molecule has 2 aromatic carbocycles. The number of carbonyl (C=O) groups excluding carboxylic acids is 1. The average Bonchev–Trinajstić information content (AvgIpc) is 2.61. The molecule has 0 bridgehead atoms. The monoisotopic (exact) mass is 323 g/mol. The van der Waals surface area contributed by atoms with Crippen molar-refractivity contribution in [2.24, 2.45) is 0 Å². The Balaban J connectivity index is 1.93. The number of benzene rings is 2. The fourth-order valence-electron chi connectivity index (χ4n) is 2.56. The molecule has 6 nitrogen and oxygen atoms in total. The maximum Gasteiger partial charge on any atom is 0.270 e. The number of fused-ring (bicyclic) bond motifs is 1. The Bertz CT molecular complexity index is 937. The minimum atomic E-state index is -0.506. The van der Waals surface area contributed by atoms with E-state index in [0.717, 1.165) is 16.7 Å². The smallest absolute Gasteiger partial charge is 0.270 e. The Hall–Kier alpha value is -3.28. The van der Waals surface area contributed by atoms with E-state index in [1.807, 2.05) is 41.1 Å². The lowest BCUT2D eigenvalue weighted by atomic mass is 10.1. The highest BCUT2D eigenvalue weighted by molar-refractivity contribution is 5.95. The second kappa shape index (κ2) is 6.45. The normalized spacial score (nSPS) is 10.5. The Morgan fingerprint density at radius 2 is 2.00 bits per heavy atom. The highest BCUT2D eigenvalue weighted by atomic mass is 16.6. The molecule has 24 heavy (non-hydrogen) atoms. The summed E-state index contributed by atoms with van der Waals surface area (Å²) in [6.07, 6.45) is 1.81. The largest absolute Gasteiger partial charge is 0.497 e. The van der Waals surface area contributed by atoms with Crippen LogP contribution in [0.15, 0.2) is 60.8 Å². The quantitative estimate of drug-likeness (QED) is 0.313. The second-order valence-electron chi connectivity index (χ2n) is 5.29. The molecule has 6 heteroatoms. The van der Waals surface area contributed by atoms with E-state index in [0.29, 0.717) is 5.56 Å². The lowest BCUT2D eigenvalue weighted by molar-refractivity contribution is -0.657. The van der Waals surface area contributed by atoms with Crippen LogP contribution in [0.4, 0.5) is 5.69 Å². The van der Waals surface area contributed by atoms with Gasteiger partial charge in [-0.2, -0.15) is 4.57 Å². The fraction of sp³-hybridized carbons (Fsp3) is 0.111. The number of pyridine rings is 1. The first-order valence-electron chi connectivity index (χ1n) is 7.32. The average molecular weight is 323 g/mol. The van der Waals surface area contributed by atoms with Crippen LogP contribution in [-0.4, -0.2) is 17.8 Å². The van der Waals surface area contributed by atoms with E-state index < -0.39 is 4.92 Å². The number of hydrogen-bond donors (Lipinski definition) is 0. The first kappa shape index (κ1) is 15.6. The van der Waals surface area contributed by atoms with Crippen LogP contribution < -0.4 is 9.30 Å². The van der Waals surface area contributed by atoms with Gasteiger partial charge in [-0.1, -0.05) is 12.1 Å². The van der Waals surface area contributed by atoms with Crippen LogP contribution in [0.25, 0.3) is 10.9 Å². The first-order chi connectivity index (χ1) is 11.6. The molecular formula is C18H15N2O4+. The standard InChI is InChI=1S/C18H15N2O4/c1-24-16-7-8-17-13(11-16)5-3-9-19(17)12-18(21)14-4-2-6-15(10-14)20(22)23/h2-11H,12H2,1H3/q+1. The third-order valence-corrected chi connectivity index (χ3v) is 3.78. The van der Waals surface area contributed by atoms with E-state index in [-0.39, 0.29) is 18.0 Å². The molecule has 1 aromatic heterocycles. The van der Waals surface area contributed by atoms with Crippen LogP contribution in [0.5, 0.6) is 5.75 Å². The zero-order chi connectivity index (χ0) is 17.1. The minimum Gasteiger partial charge on any atom is -0.497 e. The number of ether oxygens (including phenoxy) is 1. The summed E-state index contributed by atoms with van der Waals surface area (Å²) in [5.41, 5.74) is 1.12. The molecule has 0 atom stereocenters. The Morgan fingerprint density at radius 3 is 2.75 bits per heavy atom. The van der Waals surface area contributed by atoms with Crippen molar-refractivity contribution in [3.8, 4) is 5.75 Å². The van der Waals surface area contributed by atoms with Gasteiger partial charge >= 0.3 is 0 Å². The van der Waals surface area contributed by atoms with Crippen LogP contribution >= 0.6 is 0 Å². The molecule has 0 amide bonds. The predicted octanol–water partition coefficient (Wildman–Crippen LogP) is 2.93. The Labute approximate surface area is 138 Å². The summed E-state index contributed by atoms with van der Waals surface area (Å²) >= 11 is 0. The van der Waals surface area contributed by atoms with Gasteiger partial charge in [0.2, 0.25) is 17.8 Å². The minimum absolute atomic E-state index is 0.0893. The molecule has 3 rings (SSSR count). The van der Waals surface area contributed by atoms with E-state index in [1.54, 1.807) is 13.2 Å². The molecule has 0 spiro atoms. The van der Waals surface area contributed by atoms with Gasteiger partial charge in [-0.05, 0) is 18.2 Å². The molecule has 0 saturated heterocycles. The predicted molar refractivity (Wildman–Crippen MR) is 88.1 cm³/mol. The molecule has 0 saturated carbocycles. The number of carbonyl (C=O) groups is 1. The topological polar surface area (TPSA) is 73.3 Å². The van der Waals surface area contributed by atoms with E-state index in [1.165, 1.54) is 18.2 Å². The van der Waals surface area contributed by atoms with Gasteiger partial charge in [0.15, 0.2) is 6.20 Å². The van der Waals surface area contributed by atoms with E-state index >= 15 is 0 Å². The van der Waals surface area contributed by atoms with E-state index in [4.69, 9.17) is 4.74 Å². The van der Waals surface area contributed by atoms with Crippen molar-refractivity contribution < 1.29 is 19.0 Å². The summed E-state index contributed by atoms with van der Waals surface area (Å²) in [5.74, 6) is 0.553. The number of aromatic nitrogens is 1. The second-order valence-corrected chi connectivity index (χ2v) is 5.29. The molecule has 0 aliphatic carbocycles. The molecule has 0 N–H and O–H groups in total. The van der Waals surface area contributed by atoms with Crippen molar-refractivity contribution in [3.05, 3.63) is 76.5 Å². The van der Waals surface area contributed by atoms with Crippen LogP contribution in [0.2, 0.25) is 0 Å². The summed E-state index contributed by atoms with van der Waals surface area (Å²) < 4.78 is 7.02. The number of nitrogens with zero attached hydrogens (tertiary/aromatic N) is 2. The first-order valence-corrected chi connectivity index (χ1v) is 7.32. The van der Waals surface area contributed by atoms with E-state index in [2.05, 4.69) is 0 Å². The van der Waals surface area contributed by atoms with Gasteiger partial charge in [0.25, 0.3) is 5.69 Å². The summed E-state index contributed by atoms with van der Waals surface area (Å²) in [4.78, 5) is 22.8. The SMILES string of the molecule is COc1ccc2c(ccc[n+]2CC(=O)c2cccc([N+](=O)[O-])c2)c1. The van der Waals surface area contributed by atoms with Crippen molar-refractivity contribution in [1.82, 2.24) is 0 Å². The molecule has 120 valence electrons. The number of rotatable bonds is 5. The van der Waals surface area contributed by atoms with Gasteiger partial charge < -0.3 is 4.74 Å². The molecule has 3 aromatic rings.